The van der Waals surface area contributed by atoms with E-state index in [2.05, 4.69) is 34.6 Å². The molecule has 0 amide bonds. The number of aliphatic hydroxyl groups excluding tert-OH is 1. The van der Waals surface area contributed by atoms with E-state index in [1.54, 1.807) is 0 Å². The molecule has 540 valence electrons. The summed E-state index contributed by atoms with van der Waals surface area (Å²) in [5.41, 5.74) is 0. The summed E-state index contributed by atoms with van der Waals surface area (Å²) in [7, 11) is -9.90. The lowest BCUT2D eigenvalue weighted by atomic mass is 10.0. The number of phosphoric ester groups is 2. The first-order chi connectivity index (χ1) is 44.0. The molecule has 0 fully saturated rings. The Balaban J connectivity index is 5.22. The summed E-state index contributed by atoms with van der Waals surface area (Å²) in [5.74, 6) is -1.38. The van der Waals surface area contributed by atoms with Crippen LogP contribution in [0.5, 0.6) is 0 Å². The van der Waals surface area contributed by atoms with Crippen molar-refractivity contribution in [2.75, 3.05) is 39.6 Å². The van der Waals surface area contributed by atoms with Gasteiger partial charge in [0.15, 0.2) is 12.2 Å². The van der Waals surface area contributed by atoms with Gasteiger partial charge in [0, 0.05) is 25.7 Å². The highest BCUT2D eigenvalue weighted by Crippen LogP contribution is 2.45. The quantitative estimate of drug-likeness (QED) is 0.0222. The minimum absolute atomic E-state index is 0.105. The highest BCUT2D eigenvalue weighted by molar-refractivity contribution is 7.47. The van der Waals surface area contributed by atoms with Gasteiger partial charge in [-0.2, -0.15) is 0 Å². The van der Waals surface area contributed by atoms with E-state index in [0.29, 0.717) is 25.7 Å². The van der Waals surface area contributed by atoms with Gasteiger partial charge >= 0.3 is 39.5 Å². The number of rotatable bonds is 72. The Hall–Kier alpha value is -1.94. The van der Waals surface area contributed by atoms with Crippen LogP contribution in [0.1, 0.15) is 375 Å². The van der Waals surface area contributed by atoms with Crippen LogP contribution in [0.4, 0.5) is 0 Å². The predicted molar refractivity (Wildman–Crippen MR) is 368 cm³/mol. The Labute approximate surface area is 556 Å². The molecule has 0 aromatic carbocycles. The third-order valence-corrected chi connectivity index (χ3v) is 18.7. The van der Waals surface area contributed by atoms with Gasteiger partial charge in [-0.25, -0.2) is 9.13 Å². The molecule has 0 saturated heterocycles. The van der Waals surface area contributed by atoms with Crippen molar-refractivity contribution in [2.45, 2.75) is 393 Å². The van der Waals surface area contributed by atoms with E-state index < -0.39 is 97.5 Å². The summed E-state index contributed by atoms with van der Waals surface area (Å²) in [6.07, 6.45) is 52.7. The van der Waals surface area contributed by atoms with Gasteiger partial charge in [-0.05, 0) is 31.6 Å². The van der Waals surface area contributed by atoms with Gasteiger partial charge in [0.1, 0.15) is 19.3 Å². The molecule has 91 heavy (non-hydrogen) atoms. The van der Waals surface area contributed by atoms with E-state index in [1.165, 1.54) is 193 Å². The zero-order chi connectivity index (χ0) is 67.0. The zero-order valence-electron chi connectivity index (χ0n) is 59.0. The van der Waals surface area contributed by atoms with E-state index in [4.69, 9.17) is 37.0 Å². The standard InChI is InChI=1S/C72H140O17P2/c1-6-9-12-15-18-21-23-25-27-29-31-33-37-42-47-52-57-71(76)88-68(62-83-70(75)56-51-46-41-36-32-30-28-26-24-22-19-16-13-10-7-2)64-87-91(80,81)85-60-66(73)59-84-90(78,79)86-63-67(61-82-69(74)55-50-45-40-20-17-14-11-8-3)89-72(77)58-53-48-43-38-34-35-39-44-49-54-65(4)5/h65-68,73H,6-64H2,1-5H3,(H,78,79)(H,80,81)/t66-,67+,68+/m0/s1. The largest absolute Gasteiger partial charge is 0.472 e. The molecule has 0 aliphatic heterocycles. The van der Waals surface area contributed by atoms with E-state index >= 15 is 0 Å². The Morgan fingerprint density at radius 1 is 0.297 bits per heavy atom. The summed E-state index contributed by atoms with van der Waals surface area (Å²) in [6.45, 7) is 7.22. The van der Waals surface area contributed by atoms with Crippen LogP contribution in [0.3, 0.4) is 0 Å². The molecule has 5 atom stereocenters. The van der Waals surface area contributed by atoms with Crippen molar-refractivity contribution in [3.05, 3.63) is 0 Å². The third kappa shape index (κ3) is 66.5. The Morgan fingerprint density at radius 2 is 0.505 bits per heavy atom. The fourth-order valence-corrected chi connectivity index (χ4v) is 12.6. The summed E-state index contributed by atoms with van der Waals surface area (Å²) in [6, 6.07) is 0. The molecule has 0 aromatic heterocycles. The minimum atomic E-state index is -4.95. The Morgan fingerprint density at radius 3 is 0.747 bits per heavy atom. The molecular formula is C72H140O17P2. The smallest absolute Gasteiger partial charge is 0.462 e. The van der Waals surface area contributed by atoms with Crippen molar-refractivity contribution in [1.29, 1.82) is 0 Å². The summed E-state index contributed by atoms with van der Waals surface area (Å²) in [4.78, 5) is 72.6. The number of carbonyl (C=O) groups is 4. The van der Waals surface area contributed by atoms with Gasteiger partial charge in [-0.1, -0.05) is 324 Å². The number of hydrogen-bond acceptors (Lipinski definition) is 15. The topological polar surface area (TPSA) is 237 Å². The summed E-state index contributed by atoms with van der Waals surface area (Å²) < 4.78 is 68.3. The molecule has 0 aliphatic carbocycles. The lowest BCUT2D eigenvalue weighted by molar-refractivity contribution is -0.161. The van der Waals surface area contributed by atoms with Crippen LogP contribution >= 0.6 is 15.6 Å². The van der Waals surface area contributed by atoms with Gasteiger partial charge in [0.25, 0.3) is 0 Å². The molecule has 0 bridgehead atoms. The van der Waals surface area contributed by atoms with Gasteiger partial charge in [-0.15, -0.1) is 0 Å². The average molecular weight is 1340 g/mol. The van der Waals surface area contributed by atoms with E-state index in [-0.39, 0.29) is 25.7 Å². The second kappa shape index (κ2) is 65.4. The molecule has 0 aliphatic rings. The van der Waals surface area contributed by atoms with Crippen molar-refractivity contribution < 1.29 is 80.2 Å². The van der Waals surface area contributed by atoms with Gasteiger partial charge in [0.05, 0.1) is 26.4 Å². The highest BCUT2D eigenvalue weighted by atomic mass is 31.2. The van der Waals surface area contributed by atoms with Gasteiger partial charge < -0.3 is 33.8 Å². The molecule has 2 unspecified atom stereocenters. The van der Waals surface area contributed by atoms with Crippen LogP contribution < -0.4 is 0 Å². The molecule has 0 rings (SSSR count). The van der Waals surface area contributed by atoms with Gasteiger partial charge in [0.2, 0.25) is 0 Å². The number of ether oxygens (including phenoxy) is 4. The summed E-state index contributed by atoms with van der Waals surface area (Å²) in [5, 5.41) is 10.6. The SMILES string of the molecule is CCCCCCCCCCCCCCCCCCC(=O)O[C@H](COC(=O)CCCCCCCCCCCCCCCCC)COP(=O)(O)OC[C@@H](O)COP(=O)(O)OC[C@@H](COC(=O)CCCCCCCCCC)OC(=O)CCCCCCCCCCCC(C)C. The molecule has 3 N–H and O–H groups in total. The maximum absolute atomic E-state index is 13.0. The first kappa shape index (κ1) is 89.1. The number of aliphatic hydroxyl groups is 1. The lowest BCUT2D eigenvalue weighted by Crippen LogP contribution is -2.30. The number of unbranched alkanes of at least 4 members (excludes halogenated alkanes) is 44. The van der Waals surface area contributed by atoms with Crippen molar-refractivity contribution in [2.24, 2.45) is 5.92 Å². The third-order valence-electron chi connectivity index (χ3n) is 16.8. The molecule has 19 heteroatoms. The normalized spacial score (nSPS) is 14.0. The maximum atomic E-state index is 13.0. The monoisotopic (exact) mass is 1340 g/mol. The molecule has 0 heterocycles. The highest BCUT2D eigenvalue weighted by Gasteiger charge is 2.30. The lowest BCUT2D eigenvalue weighted by Gasteiger charge is -2.21. The predicted octanol–water partition coefficient (Wildman–Crippen LogP) is 20.9. The molecule has 17 nitrogen and oxygen atoms in total. The minimum Gasteiger partial charge on any atom is -0.462 e. The summed E-state index contributed by atoms with van der Waals surface area (Å²) >= 11 is 0. The van der Waals surface area contributed by atoms with Crippen LogP contribution in [0.25, 0.3) is 0 Å². The van der Waals surface area contributed by atoms with Crippen LogP contribution in [-0.2, 0) is 65.4 Å². The van der Waals surface area contributed by atoms with Crippen LogP contribution in [0, 0.1) is 5.92 Å². The first-order valence-corrected chi connectivity index (χ1v) is 40.6. The Bertz CT molecular complexity index is 1750. The second-order valence-electron chi connectivity index (χ2n) is 26.5. The fraction of sp³-hybridized carbons (Fsp3) is 0.944. The fourth-order valence-electron chi connectivity index (χ4n) is 11.0. The van der Waals surface area contributed by atoms with Crippen molar-refractivity contribution in [1.82, 2.24) is 0 Å². The molecule has 0 spiro atoms. The zero-order valence-corrected chi connectivity index (χ0v) is 60.8. The molecular weight excluding hydrogens is 1200 g/mol. The van der Waals surface area contributed by atoms with E-state index in [0.717, 1.165) is 102 Å². The number of hydrogen-bond donors (Lipinski definition) is 3. The van der Waals surface area contributed by atoms with Crippen LogP contribution in [0.2, 0.25) is 0 Å². The van der Waals surface area contributed by atoms with Gasteiger partial charge in [-0.3, -0.25) is 37.3 Å². The average Bonchev–Trinajstić information content (AvgIpc) is 3.73. The maximum Gasteiger partial charge on any atom is 0.472 e. The first-order valence-electron chi connectivity index (χ1n) is 37.6. The number of carbonyl (C=O) groups excluding carboxylic acids is 4. The van der Waals surface area contributed by atoms with E-state index in [1.807, 2.05) is 0 Å². The van der Waals surface area contributed by atoms with Crippen molar-refractivity contribution in [3.63, 3.8) is 0 Å². The van der Waals surface area contributed by atoms with Crippen LogP contribution in [0.15, 0.2) is 0 Å². The second-order valence-corrected chi connectivity index (χ2v) is 29.4. The number of phosphoric acid groups is 2. The van der Waals surface area contributed by atoms with Crippen LogP contribution in [-0.4, -0.2) is 96.7 Å². The van der Waals surface area contributed by atoms with E-state index in [9.17, 15) is 43.2 Å². The molecule has 0 saturated carbocycles. The number of esters is 4. The molecule has 0 aromatic rings. The van der Waals surface area contributed by atoms with Crippen molar-refractivity contribution in [3.8, 4) is 0 Å². The molecule has 0 radical (unpaired) electrons. The Kier molecular flexibility index (Phi) is 64.0. The van der Waals surface area contributed by atoms with Crippen molar-refractivity contribution >= 4 is 39.5 Å².